The average Bonchev–Trinajstić information content (AvgIpc) is 2.34. The Morgan fingerprint density at radius 3 is 2.71 bits per heavy atom. The maximum absolute atomic E-state index is 13.5. The predicted molar refractivity (Wildman–Crippen MR) is 62.5 cm³/mol. The monoisotopic (exact) mass is 243 g/mol. The highest BCUT2D eigenvalue weighted by Gasteiger charge is 2.04. The highest BCUT2D eigenvalue weighted by atomic mass is 19.1. The van der Waals surface area contributed by atoms with E-state index in [2.05, 4.69) is 5.32 Å². The van der Waals surface area contributed by atoms with Crippen molar-refractivity contribution in [3.8, 4) is 5.75 Å². The van der Waals surface area contributed by atoms with Crippen molar-refractivity contribution in [3.05, 3.63) is 29.6 Å². The van der Waals surface area contributed by atoms with Crippen LogP contribution in [0.1, 0.15) is 5.56 Å². The Bertz CT molecular complexity index is 334. The van der Waals surface area contributed by atoms with Crippen molar-refractivity contribution in [2.75, 3.05) is 34.2 Å². The Hall–Kier alpha value is -1.17. The van der Waals surface area contributed by atoms with Crippen molar-refractivity contribution in [1.29, 1.82) is 0 Å². The molecule has 17 heavy (non-hydrogen) atoms. The molecule has 5 heteroatoms. The van der Waals surface area contributed by atoms with Crippen molar-refractivity contribution in [3.63, 3.8) is 0 Å². The van der Waals surface area contributed by atoms with Crippen LogP contribution in [0.5, 0.6) is 5.75 Å². The van der Waals surface area contributed by atoms with Gasteiger partial charge in [0.2, 0.25) is 0 Å². The normalized spacial score (nSPS) is 10.5. The number of hydrogen-bond donors (Lipinski definition) is 1. The zero-order valence-corrected chi connectivity index (χ0v) is 10.2. The molecule has 0 saturated carbocycles. The minimum absolute atomic E-state index is 0.0440. The molecule has 0 radical (unpaired) electrons. The van der Waals surface area contributed by atoms with Crippen molar-refractivity contribution in [2.24, 2.45) is 0 Å². The lowest BCUT2D eigenvalue weighted by atomic mass is 10.2. The Morgan fingerprint density at radius 2 is 2.06 bits per heavy atom. The van der Waals surface area contributed by atoms with Gasteiger partial charge in [-0.2, -0.15) is 0 Å². The molecule has 1 N–H and O–H groups in total. The molecule has 0 aliphatic heterocycles. The third-order valence-electron chi connectivity index (χ3n) is 2.14. The number of ether oxygens (including phenoxy) is 3. The van der Waals surface area contributed by atoms with E-state index >= 15 is 0 Å². The fraction of sp³-hybridized carbons (Fsp3) is 0.500. The molecule has 0 amide bonds. The summed E-state index contributed by atoms with van der Waals surface area (Å²) >= 11 is 0. The molecular formula is C12H18FNO3. The first kappa shape index (κ1) is 13.9. The molecule has 1 rings (SSSR count). The summed E-state index contributed by atoms with van der Waals surface area (Å²) in [6.07, 6.45) is 0. The lowest BCUT2D eigenvalue weighted by Crippen LogP contribution is -2.18. The van der Waals surface area contributed by atoms with Crippen LogP contribution in [-0.2, 0) is 16.0 Å². The number of nitrogens with one attached hydrogen (secondary N) is 1. The highest BCUT2D eigenvalue weighted by Crippen LogP contribution is 2.18. The van der Waals surface area contributed by atoms with Crippen LogP contribution in [0.2, 0.25) is 0 Å². The summed E-state index contributed by atoms with van der Waals surface area (Å²) in [6, 6.07) is 4.86. The first-order valence-electron chi connectivity index (χ1n) is 5.37. The van der Waals surface area contributed by atoms with E-state index in [0.717, 1.165) is 12.1 Å². The van der Waals surface area contributed by atoms with Crippen LogP contribution < -0.4 is 10.1 Å². The first-order chi connectivity index (χ1) is 8.27. The summed E-state index contributed by atoms with van der Waals surface area (Å²) in [6.45, 7) is 2.02. The summed E-state index contributed by atoms with van der Waals surface area (Å²) in [5.41, 5.74) is 0.864. The van der Waals surface area contributed by atoms with E-state index in [-0.39, 0.29) is 18.4 Å². The maximum atomic E-state index is 13.5. The standard InChI is InChI=1S/C12H18FNO3/c1-15-6-5-14-8-10-3-4-12(11(13)7-10)17-9-16-2/h3-4,7,14H,5-6,8-9H2,1-2H3. The number of methoxy groups -OCH3 is 2. The average molecular weight is 243 g/mol. The number of halogens is 1. The number of hydrogen-bond acceptors (Lipinski definition) is 4. The second-order valence-corrected chi connectivity index (χ2v) is 3.49. The van der Waals surface area contributed by atoms with Gasteiger partial charge < -0.3 is 19.5 Å². The van der Waals surface area contributed by atoms with E-state index in [4.69, 9.17) is 14.2 Å². The third-order valence-corrected chi connectivity index (χ3v) is 2.14. The third kappa shape index (κ3) is 5.12. The van der Waals surface area contributed by atoms with Crippen LogP contribution in [0.4, 0.5) is 4.39 Å². The highest BCUT2D eigenvalue weighted by molar-refractivity contribution is 5.29. The van der Waals surface area contributed by atoms with Crippen molar-refractivity contribution >= 4 is 0 Å². The predicted octanol–water partition coefficient (Wildman–Crippen LogP) is 1.54. The number of benzene rings is 1. The van der Waals surface area contributed by atoms with E-state index in [9.17, 15) is 4.39 Å². The maximum Gasteiger partial charge on any atom is 0.188 e. The zero-order chi connectivity index (χ0) is 12.5. The lowest BCUT2D eigenvalue weighted by Gasteiger charge is -2.08. The number of rotatable bonds is 8. The van der Waals surface area contributed by atoms with Crippen LogP contribution in [0, 0.1) is 5.82 Å². The van der Waals surface area contributed by atoms with Crippen LogP contribution >= 0.6 is 0 Å². The van der Waals surface area contributed by atoms with Gasteiger partial charge in [-0.3, -0.25) is 0 Å². The minimum atomic E-state index is -0.381. The summed E-state index contributed by atoms with van der Waals surface area (Å²) in [4.78, 5) is 0. The molecule has 0 aromatic heterocycles. The summed E-state index contributed by atoms with van der Waals surface area (Å²) in [5, 5.41) is 3.14. The Kier molecular flexibility index (Phi) is 6.54. The van der Waals surface area contributed by atoms with Gasteiger partial charge in [-0.05, 0) is 17.7 Å². The van der Waals surface area contributed by atoms with Crippen molar-refractivity contribution in [1.82, 2.24) is 5.32 Å². The zero-order valence-electron chi connectivity index (χ0n) is 10.2. The molecule has 0 bridgehead atoms. The van der Waals surface area contributed by atoms with Gasteiger partial charge in [-0.25, -0.2) is 4.39 Å². The van der Waals surface area contributed by atoms with E-state index in [1.54, 1.807) is 13.2 Å². The molecule has 0 spiro atoms. The van der Waals surface area contributed by atoms with Gasteiger partial charge in [0.25, 0.3) is 0 Å². The molecule has 0 heterocycles. The van der Waals surface area contributed by atoms with Crippen molar-refractivity contribution < 1.29 is 18.6 Å². The molecule has 0 atom stereocenters. The Labute approximate surface area is 101 Å². The molecule has 0 saturated heterocycles. The van der Waals surface area contributed by atoms with E-state index < -0.39 is 0 Å². The van der Waals surface area contributed by atoms with E-state index in [0.29, 0.717) is 13.2 Å². The molecule has 1 aromatic carbocycles. The summed E-state index contributed by atoms with van der Waals surface area (Å²) < 4.78 is 28.2. The lowest BCUT2D eigenvalue weighted by molar-refractivity contribution is 0.0482. The molecule has 0 aliphatic carbocycles. The smallest absolute Gasteiger partial charge is 0.188 e. The van der Waals surface area contributed by atoms with Gasteiger partial charge in [-0.15, -0.1) is 0 Å². The molecule has 0 unspecified atom stereocenters. The fourth-order valence-corrected chi connectivity index (χ4v) is 1.30. The molecule has 0 fully saturated rings. The molecule has 4 nitrogen and oxygen atoms in total. The quantitative estimate of drug-likeness (QED) is 0.555. The van der Waals surface area contributed by atoms with Gasteiger partial charge in [0, 0.05) is 27.3 Å². The van der Waals surface area contributed by atoms with Gasteiger partial charge in [0.1, 0.15) is 0 Å². The topological polar surface area (TPSA) is 39.7 Å². The summed E-state index contributed by atoms with van der Waals surface area (Å²) in [7, 11) is 3.13. The fourth-order valence-electron chi connectivity index (χ4n) is 1.30. The van der Waals surface area contributed by atoms with E-state index in [1.807, 2.05) is 6.07 Å². The second-order valence-electron chi connectivity index (χ2n) is 3.49. The van der Waals surface area contributed by atoms with Gasteiger partial charge in [0.05, 0.1) is 6.61 Å². The van der Waals surface area contributed by atoms with E-state index in [1.165, 1.54) is 13.2 Å². The first-order valence-corrected chi connectivity index (χ1v) is 5.37. The molecular weight excluding hydrogens is 225 g/mol. The molecule has 1 aromatic rings. The van der Waals surface area contributed by atoms with Crippen LogP contribution in [0.15, 0.2) is 18.2 Å². The largest absolute Gasteiger partial charge is 0.464 e. The minimum Gasteiger partial charge on any atom is -0.464 e. The van der Waals surface area contributed by atoms with Crippen LogP contribution in [0.3, 0.4) is 0 Å². The Balaban J connectivity index is 2.44. The van der Waals surface area contributed by atoms with Gasteiger partial charge in [-0.1, -0.05) is 6.07 Å². The van der Waals surface area contributed by atoms with Gasteiger partial charge >= 0.3 is 0 Å². The Morgan fingerprint density at radius 1 is 1.24 bits per heavy atom. The molecule has 0 aliphatic rings. The SMILES string of the molecule is COCCNCc1ccc(OCOC)c(F)c1. The summed E-state index contributed by atoms with van der Waals surface area (Å²) in [5.74, 6) is -0.180. The van der Waals surface area contributed by atoms with Crippen LogP contribution in [0.25, 0.3) is 0 Å². The second kappa shape index (κ2) is 8.00. The van der Waals surface area contributed by atoms with Crippen LogP contribution in [-0.4, -0.2) is 34.2 Å². The molecule has 96 valence electrons. The van der Waals surface area contributed by atoms with Gasteiger partial charge in [0.15, 0.2) is 18.4 Å². The van der Waals surface area contributed by atoms with Crippen molar-refractivity contribution in [2.45, 2.75) is 6.54 Å².